The van der Waals surface area contributed by atoms with Gasteiger partial charge in [0, 0.05) is 23.0 Å². The zero-order valence-electron chi connectivity index (χ0n) is 13.9. The molecule has 0 bridgehead atoms. The third kappa shape index (κ3) is 5.96. The van der Waals surface area contributed by atoms with E-state index in [1.54, 1.807) is 42.5 Å². The highest BCUT2D eigenvalue weighted by molar-refractivity contribution is 6.42. The molecule has 5 nitrogen and oxygen atoms in total. The predicted octanol–water partition coefficient (Wildman–Crippen LogP) is 4.18. The van der Waals surface area contributed by atoms with Crippen molar-refractivity contribution in [3.05, 3.63) is 58.1 Å². The second-order valence-corrected chi connectivity index (χ2v) is 6.55. The van der Waals surface area contributed by atoms with Gasteiger partial charge >= 0.3 is 0 Å². The zero-order chi connectivity index (χ0) is 18.4. The Hall–Kier alpha value is -2.24. The summed E-state index contributed by atoms with van der Waals surface area (Å²) in [4.78, 5) is 24.0. The van der Waals surface area contributed by atoms with Crippen molar-refractivity contribution in [1.82, 2.24) is 5.32 Å². The standard InChI is InChI=1S/C18H19Cl2N3O2/c1-11(2)22-18(25)12-4-3-5-13(8-12)21-10-17(24)23-14-6-7-15(19)16(20)9-14/h3-9,11,21H,10H2,1-2H3,(H,22,25)(H,23,24). The van der Waals surface area contributed by atoms with Gasteiger partial charge in [0.15, 0.2) is 0 Å². The minimum atomic E-state index is -0.240. The van der Waals surface area contributed by atoms with E-state index in [0.717, 1.165) is 0 Å². The summed E-state index contributed by atoms with van der Waals surface area (Å²) in [5.74, 6) is -0.394. The van der Waals surface area contributed by atoms with Crippen molar-refractivity contribution in [2.45, 2.75) is 19.9 Å². The van der Waals surface area contributed by atoms with Crippen molar-refractivity contribution in [1.29, 1.82) is 0 Å². The van der Waals surface area contributed by atoms with Crippen LogP contribution >= 0.6 is 23.2 Å². The molecule has 0 unspecified atom stereocenters. The van der Waals surface area contributed by atoms with E-state index in [0.29, 0.717) is 27.0 Å². The number of nitrogens with one attached hydrogen (secondary N) is 3. The van der Waals surface area contributed by atoms with Gasteiger partial charge in [0.05, 0.1) is 16.6 Å². The quantitative estimate of drug-likeness (QED) is 0.704. The summed E-state index contributed by atoms with van der Waals surface area (Å²) >= 11 is 11.8. The lowest BCUT2D eigenvalue weighted by atomic mass is 10.1. The van der Waals surface area contributed by atoms with E-state index in [4.69, 9.17) is 23.2 Å². The fourth-order valence-electron chi connectivity index (χ4n) is 2.08. The average molecular weight is 380 g/mol. The first-order chi connectivity index (χ1) is 11.8. The second-order valence-electron chi connectivity index (χ2n) is 5.74. The van der Waals surface area contributed by atoms with Crippen molar-refractivity contribution in [3.8, 4) is 0 Å². The molecule has 0 aliphatic rings. The molecule has 0 spiro atoms. The number of benzene rings is 2. The molecule has 2 rings (SSSR count). The van der Waals surface area contributed by atoms with E-state index >= 15 is 0 Å². The van der Waals surface area contributed by atoms with Crippen LogP contribution in [0.1, 0.15) is 24.2 Å². The Morgan fingerprint density at radius 3 is 2.44 bits per heavy atom. The van der Waals surface area contributed by atoms with Crippen molar-refractivity contribution >= 4 is 46.4 Å². The zero-order valence-corrected chi connectivity index (χ0v) is 15.4. The van der Waals surface area contributed by atoms with Crippen LogP contribution in [0.3, 0.4) is 0 Å². The molecule has 2 amide bonds. The van der Waals surface area contributed by atoms with Crippen LogP contribution in [-0.4, -0.2) is 24.4 Å². The van der Waals surface area contributed by atoms with Crippen LogP contribution in [0.2, 0.25) is 10.0 Å². The molecule has 0 saturated carbocycles. The van der Waals surface area contributed by atoms with Gasteiger partial charge in [0.25, 0.3) is 5.91 Å². The first-order valence-electron chi connectivity index (χ1n) is 7.75. The number of amides is 2. The highest BCUT2D eigenvalue weighted by Gasteiger charge is 2.08. The van der Waals surface area contributed by atoms with E-state index in [-0.39, 0.29) is 24.4 Å². The van der Waals surface area contributed by atoms with Crippen LogP contribution in [0.5, 0.6) is 0 Å². The minimum absolute atomic E-state index is 0.0511. The average Bonchev–Trinajstić information content (AvgIpc) is 2.56. The van der Waals surface area contributed by atoms with Crippen LogP contribution in [0, 0.1) is 0 Å². The van der Waals surface area contributed by atoms with E-state index in [1.165, 1.54) is 0 Å². The van der Waals surface area contributed by atoms with Crippen LogP contribution in [0.25, 0.3) is 0 Å². The van der Waals surface area contributed by atoms with Gasteiger partial charge in [0.2, 0.25) is 5.91 Å². The number of rotatable bonds is 6. The summed E-state index contributed by atoms with van der Waals surface area (Å²) in [6, 6.07) is 11.9. The molecule has 132 valence electrons. The summed E-state index contributed by atoms with van der Waals surface area (Å²) in [6.07, 6.45) is 0. The van der Waals surface area contributed by atoms with Gasteiger partial charge in [-0.1, -0.05) is 29.3 Å². The molecule has 2 aromatic rings. The normalized spacial score (nSPS) is 10.4. The van der Waals surface area contributed by atoms with Gasteiger partial charge < -0.3 is 16.0 Å². The molecule has 0 aliphatic carbocycles. The Morgan fingerprint density at radius 1 is 1.00 bits per heavy atom. The smallest absolute Gasteiger partial charge is 0.251 e. The first kappa shape index (κ1) is 19.1. The van der Waals surface area contributed by atoms with E-state index in [9.17, 15) is 9.59 Å². The second kappa shape index (κ2) is 8.74. The maximum Gasteiger partial charge on any atom is 0.251 e. The van der Waals surface area contributed by atoms with Crippen LogP contribution < -0.4 is 16.0 Å². The molecule has 3 N–H and O–H groups in total. The predicted molar refractivity (Wildman–Crippen MR) is 103 cm³/mol. The Labute approximate surface area is 156 Å². The SMILES string of the molecule is CC(C)NC(=O)c1cccc(NCC(=O)Nc2ccc(Cl)c(Cl)c2)c1. The fraction of sp³-hybridized carbons (Fsp3) is 0.222. The maximum atomic E-state index is 12.0. The number of carbonyl (C=O) groups is 2. The van der Waals surface area contributed by atoms with Gasteiger partial charge in [-0.05, 0) is 50.2 Å². The molecule has 0 fully saturated rings. The molecule has 0 radical (unpaired) electrons. The van der Waals surface area contributed by atoms with Crippen molar-refractivity contribution in [2.24, 2.45) is 0 Å². The van der Waals surface area contributed by atoms with Crippen molar-refractivity contribution < 1.29 is 9.59 Å². The Bertz CT molecular complexity index is 779. The van der Waals surface area contributed by atoms with Gasteiger partial charge in [-0.25, -0.2) is 0 Å². The van der Waals surface area contributed by atoms with E-state index < -0.39 is 0 Å². The molecule has 0 saturated heterocycles. The van der Waals surface area contributed by atoms with E-state index in [1.807, 2.05) is 13.8 Å². The molecule has 0 aliphatic heterocycles. The van der Waals surface area contributed by atoms with Gasteiger partial charge in [-0.15, -0.1) is 0 Å². The van der Waals surface area contributed by atoms with Crippen LogP contribution in [-0.2, 0) is 4.79 Å². The molecule has 0 aromatic heterocycles. The fourth-order valence-corrected chi connectivity index (χ4v) is 2.38. The molecular formula is C18H19Cl2N3O2. The lowest BCUT2D eigenvalue weighted by Gasteiger charge is -2.11. The first-order valence-corrected chi connectivity index (χ1v) is 8.50. The van der Waals surface area contributed by atoms with Crippen molar-refractivity contribution in [2.75, 3.05) is 17.2 Å². The highest BCUT2D eigenvalue weighted by atomic mass is 35.5. The Balaban J connectivity index is 1.93. The van der Waals surface area contributed by atoms with Gasteiger partial charge in [-0.3, -0.25) is 9.59 Å². The molecular weight excluding hydrogens is 361 g/mol. The third-order valence-corrected chi connectivity index (χ3v) is 3.94. The molecule has 0 heterocycles. The lowest BCUT2D eigenvalue weighted by Crippen LogP contribution is -2.30. The highest BCUT2D eigenvalue weighted by Crippen LogP contribution is 2.24. The lowest BCUT2D eigenvalue weighted by molar-refractivity contribution is -0.114. The summed E-state index contributed by atoms with van der Waals surface area (Å²) in [5, 5.41) is 9.33. The number of carbonyl (C=O) groups excluding carboxylic acids is 2. The minimum Gasteiger partial charge on any atom is -0.376 e. The van der Waals surface area contributed by atoms with E-state index in [2.05, 4.69) is 16.0 Å². The van der Waals surface area contributed by atoms with Gasteiger partial charge in [0.1, 0.15) is 0 Å². The monoisotopic (exact) mass is 379 g/mol. The summed E-state index contributed by atoms with van der Waals surface area (Å²) < 4.78 is 0. The number of halogens is 2. The summed E-state index contributed by atoms with van der Waals surface area (Å²) in [5.41, 5.74) is 1.77. The Kier molecular flexibility index (Phi) is 6.67. The summed E-state index contributed by atoms with van der Waals surface area (Å²) in [6.45, 7) is 3.84. The van der Waals surface area contributed by atoms with Crippen molar-refractivity contribution in [3.63, 3.8) is 0 Å². The molecule has 25 heavy (non-hydrogen) atoms. The topological polar surface area (TPSA) is 70.2 Å². The summed E-state index contributed by atoms with van der Waals surface area (Å²) in [7, 11) is 0. The number of hydrogen-bond acceptors (Lipinski definition) is 3. The maximum absolute atomic E-state index is 12.0. The van der Waals surface area contributed by atoms with Crippen LogP contribution in [0.4, 0.5) is 11.4 Å². The molecule has 0 atom stereocenters. The number of anilines is 2. The van der Waals surface area contributed by atoms with Crippen LogP contribution in [0.15, 0.2) is 42.5 Å². The largest absolute Gasteiger partial charge is 0.376 e. The third-order valence-electron chi connectivity index (χ3n) is 3.20. The van der Waals surface area contributed by atoms with Gasteiger partial charge in [-0.2, -0.15) is 0 Å². The number of hydrogen-bond donors (Lipinski definition) is 3. The Morgan fingerprint density at radius 2 is 1.76 bits per heavy atom. The molecule has 2 aromatic carbocycles. The molecule has 7 heteroatoms.